The topological polar surface area (TPSA) is 502 Å². The van der Waals surface area contributed by atoms with Gasteiger partial charge in [-0.1, -0.05) is 64.2 Å². The molecule has 492 valence electrons. The molecule has 0 aliphatic carbocycles. The Morgan fingerprint density at radius 1 is 0.291 bits per heavy atom. The molecule has 0 unspecified atom stereocenters. The van der Waals surface area contributed by atoms with Crippen LogP contribution in [0.3, 0.4) is 0 Å². The Hall–Kier alpha value is -7.13. The monoisotopic (exact) mass is 1240 g/mol. The summed E-state index contributed by atoms with van der Waals surface area (Å²) in [6.07, 6.45) is 9.25. The van der Waals surface area contributed by atoms with Gasteiger partial charge in [-0.2, -0.15) is 0 Å². The minimum atomic E-state index is -1.67. The lowest BCUT2D eigenvalue weighted by Crippen LogP contribution is -2.45. The Labute approximate surface area is 499 Å². The number of hydrazine groups is 1. The van der Waals surface area contributed by atoms with Crippen molar-refractivity contribution in [3.63, 3.8) is 0 Å². The highest BCUT2D eigenvalue weighted by Crippen LogP contribution is 2.14. The lowest BCUT2D eigenvalue weighted by Gasteiger charge is -2.18. The molecule has 0 heterocycles. The maximum absolute atomic E-state index is 12.7. The molecule has 16 N–H and O–H groups in total. The van der Waals surface area contributed by atoms with Gasteiger partial charge < -0.3 is 86.8 Å². The first-order valence-corrected chi connectivity index (χ1v) is 29.2. The van der Waals surface area contributed by atoms with Crippen molar-refractivity contribution in [1.82, 2.24) is 42.6 Å². The molecule has 0 saturated heterocycles. The molecule has 7 amide bonds. The molecule has 0 aliphatic rings. The number of hydrogen-bond acceptors (Lipinski definition) is 19. The molecule has 0 aromatic rings. The van der Waals surface area contributed by atoms with Crippen LogP contribution in [0.25, 0.3) is 0 Å². The first-order chi connectivity index (χ1) is 41.0. The van der Waals surface area contributed by atoms with Crippen LogP contribution >= 0.6 is 0 Å². The molecule has 0 bridgehead atoms. The van der Waals surface area contributed by atoms with Gasteiger partial charge >= 0.3 is 35.8 Å². The largest absolute Gasteiger partial charge is 0.481 e. The molecule has 0 saturated carbocycles. The summed E-state index contributed by atoms with van der Waals surface area (Å²) in [5.41, 5.74) is 2.20. The summed E-state index contributed by atoms with van der Waals surface area (Å²) in [6.45, 7) is 0.793. The average Bonchev–Trinajstić information content (AvgIpc) is 3.51. The van der Waals surface area contributed by atoms with Crippen LogP contribution in [0.2, 0.25) is 0 Å². The number of nitrogens with one attached hydrogen (secondary N) is 8. The second kappa shape index (κ2) is 51.1. The minimum Gasteiger partial charge on any atom is -0.481 e. The lowest BCUT2D eigenvalue weighted by molar-refractivity contribution is -0.144. The van der Waals surface area contributed by atoms with Crippen molar-refractivity contribution in [2.24, 2.45) is 5.84 Å². The standard InChI is InChI=1S/C54H93N9O23/c55-63-41(54(81)82)15-13-14-26-56-47(69)35-85-33-32-84-30-28-58-48(70)36-86-34-31-83-29-27-57-42(64)22-18-37(50(73)74)60-44(66)24-20-39(52(77)78)62-46(68)25-21-40(53(79)80)61-45(67)23-19-38(51(75)76)59-43(65)16-11-9-7-5-3-1-2-4-6-8-10-12-17-49(71)72/h37-41,63H,1-36,55H2,(H,56,69)(H,57,64)(H,58,70)(H,59,65)(H,60,66)(H,61,67)(H,62,68)(H,71,72)(H,73,74)(H,75,76)(H,77,78)(H,79,80)(H,81,82)/t37-,38-,39-,40-,41-/m0/s1. The Morgan fingerprint density at radius 3 is 0.942 bits per heavy atom. The van der Waals surface area contributed by atoms with Crippen LogP contribution in [-0.4, -0.2) is 211 Å². The zero-order chi connectivity index (χ0) is 64.3. The highest BCUT2D eigenvalue weighted by Gasteiger charge is 2.28. The first kappa shape index (κ1) is 78.9. The predicted molar refractivity (Wildman–Crippen MR) is 302 cm³/mol. The third-order valence-electron chi connectivity index (χ3n) is 12.8. The number of carbonyl (C=O) groups is 13. The molecule has 5 atom stereocenters. The van der Waals surface area contributed by atoms with Gasteiger partial charge in [0, 0.05) is 58.2 Å². The molecule has 0 aromatic carbocycles. The Kier molecular flexibility index (Phi) is 46.9. The summed E-state index contributed by atoms with van der Waals surface area (Å²) in [5, 5.41) is 72.9. The number of carboxylic acid groups (broad SMARTS) is 6. The van der Waals surface area contributed by atoms with E-state index in [2.05, 4.69) is 42.6 Å². The first-order valence-electron chi connectivity index (χ1n) is 29.2. The van der Waals surface area contributed by atoms with E-state index in [0.29, 0.717) is 38.6 Å². The van der Waals surface area contributed by atoms with Crippen LogP contribution in [0, 0.1) is 0 Å². The van der Waals surface area contributed by atoms with E-state index < -0.39 is 134 Å². The smallest absolute Gasteiger partial charge is 0.326 e. The van der Waals surface area contributed by atoms with Gasteiger partial charge in [0.05, 0.1) is 39.6 Å². The molecule has 0 radical (unpaired) electrons. The second-order valence-electron chi connectivity index (χ2n) is 20.1. The number of nitrogens with two attached hydrogens (primary N) is 1. The highest BCUT2D eigenvalue weighted by atomic mass is 16.5. The average molecular weight is 1240 g/mol. The summed E-state index contributed by atoms with van der Waals surface area (Å²) >= 11 is 0. The van der Waals surface area contributed by atoms with E-state index in [9.17, 15) is 82.8 Å². The van der Waals surface area contributed by atoms with Gasteiger partial charge in [0.2, 0.25) is 41.4 Å². The molecule has 0 spiro atoms. The molecular formula is C54H93N9O23. The normalized spacial score (nSPS) is 12.7. The highest BCUT2D eigenvalue weighted by molar-refractivity contribution is 5.88. The summed E-state index contributed by atoms with van der Waals surface area (Å²) in [6, 6.07) is -7.14. The van der Waals surface area contributed by atoms with Crippen LogP contribution in [0.1, 0.15) is 161 Å². The summed E-state index contributed by atoms with van der Waals surface area (Å²) in [4.78, 5) is 155. The molecule has 0 rings (SSSR count). The van der Waals surface area contributed by atoms with E-state index >= 15 is 0 Å². The second-order valence-corrected chi connectivity index (χ2v) is 20.1. The number of amides is 7. The van der Waals surface area contributed by atoms with Crippen LogP contribution in [-0.2, 0) is 81.3 Å². The van der Waals surface area contributed by atoms with Crippen molar-refractivity contribution in [3.05, 3.63) is 0 Å². The fourth-order valence-electron chi connectivity index (χ4n) is 7.99. The lowest BCUT2D eigenvalue weighted by atomic mass is 10.0. The zero-order valence-corrected chi connectivity index (χ0v) is 49.0. The zero-order valence-electron chi connectivity index (χ0n) is 49.0. The predicted octanol–water partition coefficient (Wildman–Crippen LogP) is -0.567. The maximum Gasteiger partial charge on any atom is 0.326 e. The van der Waals surface area contributed by atoms with Gasteiger partial charge in [-0.3, -0.25) is 49.0 Å². The van der Waals surface area contributed by atoms with Gasteiger partial charge in [-0.05, 0) is 57.8 Å². The van der Waals surface area contributed by atoms with E-state index in [0.717, 1.165) is 64.2 Å². The van der Waals surface area contributed by atoms with Gasteiger partial charge in [0.15, 0.2) is 0 Å². The van der Waals surface area contributed by atoms with Gasteiger partial charge in [0.1, 0.15) is 43.4 Å². The molecule has 0 aromatic heterocycles. The molecule has 0 aliphatic heterocycles. The maximum atomic E-state index is 12.7. The Morgan fingerprint density at radius 2 is 0.593 bits per heavy atom. The molecule has 86 heavy (non-hydrogen) atoms. The Bertz CT molecular complexity index is 2070. The van der Waals surface area contributed by atoms with Crippen LogP contribution < -0.4 is 48.5 Å². The van der Waals surface area contributed by atoms with Crippen molar-refractivity contribution < 1.29 is 112 Å². The minimum absolute atomic E-state index is 0.0336. The summed E-state index contributed by atoms with van der Waals surface area (Å²) < 4.78 is 21.1. The molecule has 32 heteroatoms. The van der Waals surface area contributed by atoms with Crippen LogP contribution in [0.4, 0.5) is 0 Å². The number of carbonyl (C=O) groups excluding carboxylic acids is 7. The van der Waals surface area contributed by atoms with E-state index in [1.165, 1.54) is 0 Å². The molecule has 0 fully saturated rings. The van der Waals surface area contributed by atoms with E-state index in [4.69, 9.17) is 35.0 Å². The van der Waals surface area contributed by atoms with Crippen molar-refractivity contribution in [3.8, 4) is 0 Å². The van der Waals surface area contributed by atoms with E-state index in [1.807, 2.05) is 0 Å². The SMILES string of the molecule is NN[C@@H](CCCCNC(=O)COCCOCCNC(=O)COCCOCCNC(=O)CC[C@H](NC(=O)CC[C@H](NC(=O)CC[C@H](NC(=O)CC[C@H](NC(=O)CCCCCCCCCCCCCCC(=O)O)C(=O)O)C(=O)O)C(=O)O)C(=O)O)C(=O)O. The van der Waals surface area contributed by atoms with Gasteiger partial charge in [-0.15, -0.1) is 0 Å². The third kappa shape index (κ3) is 46.2. The Balaban J connectivity index is 4.35. The summed E-state index contributed by atoms with van der Waals surface area (Å²) in [7, 11) is 0. The number of carboxylic acids is 6. The van der Waals surface area contributed by atoms with Crippen molar-refractivity contribution in [2.75, 3.05) is 72.5 Å². The van der Waals surface area contributed by atoms with Gasteiger partial charge in [-0.25, -0.2) is 24.6 Å². The van der Waals surface area contributed by atoms with E-state index in [-0.39, 0.29) is 104 Å². The fraction of sp³-hybridized carbons (Fsp3) is 0.759. The van der Waals surface area contributed by atoms with Crippen molar-refractivity contribution >= 4 is 77.2 Å². The molecule has 32 nitrogen and oxygen atoms in total. The number of unbranched alkanes of at least 4 members (excludes halogenated alkanes) is 12. The van der Waals surface area contributed by atoms with Crippen LogP contribution in [0.15, 0.2) is 0 Å². The number of aliphatic carboxylic acids is 6. The number of hydrogen-bond donors (Lipinski definition) is 15. The third-order valence-corrected chi connectivity index (χ3v) is 12.8. The van der Waals surface area contributed by atoms with Crippen LogP contribution in [0.5, 0.6) is 0 Å². The van der Waals surface area contributed by atoms with Gasteiger partial charge in [0.25, 0.3) is 0 Å². The summed E-state index contributed by atoms with van der Waals surface area (Å²) in [5.74, 6) is -7.24. The fourth-order valence-corrected chi connectivity index (χ4v) is 7.99. The van der Waals surface area contributed by atoms with Crippen molar-refractivity contribution in [2.45, 2.75) is 191 Å². The quantitative estimate of drug-likeness (QED) is 0.0206. The number of rotatable bonds is 58. The number of ether oxygens (including phenoxy) is 4. The van der Waals surface area contributed by atoms with Crippen molar-refractivity contribution in [1.29, 1.82) is 0 Å². The van der Waals surface area contributed by atoms with E-state index in [1.54, 1.807) is 0 Å². The molecular weight excluding hydrogens is 1140 g/mol.